The standard InChI is InChI=1S/C9H15NO/c1-10-7-3-2-4-8(10)6-9(11)5-7/h7-8H,2-6H2,1H3/p+1/t7-,8+. The molecule has 0 spiro atoms. The Balaban J connectivity index is 2.12. The van der Waals surface area contributed by atoms with Crippen LogP contribution in [-0.2, 0) is 4.79 Å². The second kappa shape index (κ2) is 2.59. The molecule has 11 heavy (non-hydrogen) atoms. The average molecular weight is 154 g/mol. The first kappa shape index (κ1) is 7.29. The maximum atomic E-state index is 11.2. The molecule has 0 amide bonds. The molecule has 0 aliphatic carbocycles. The van der Waals surface area contributed by atoms with E-state index < -0.39 is 0 Å². The zero-order valence-corrected chi connectivity index (χ0v) is 7.10. The van der Waals surface area contributed by atoms with Crippen LogP contribution in [0.25, 0.3) is 0 Å². The molecule has 2 bridgehead atoms. The van der Waals surface area contributed by atoms with Crippen LogP contribution in [0.1, 0.15) is 32.1 Å². The van der Waals surface area contributed by atoms with Crippen LogP contribution in [0, 0.1) is 0 Å². The van der Waals surface area contributed by atoms with Crippen LogP contribution >= 0.6 is 0 Å². The normalized spacial score (nSPS) is 44.1. The number of nitrogens with one attached hydrogen (secondary N) is 1. The summed E-state index contributed by atoms with van der Waals surface area (Å²) in [7, 11) is 2.25. The van der Waals surface area contributed by atoms with E-state index in [-0.39, 0.29) is 0 Å². The monoisotopic (exact) mass is 154 g/mol. The summed E-state index contributed by atoms with van der Waals surface area (Å²) in [6.07, 6.45) is 5.59. The van der Waals surface area contributed by atoms with Crippen LogP contribution < -0.4 is 4.90 Å². The summed E-state index contributed by atoms with van der Waals surface area (Å²) >= 11 is 0. The summed E-state index contributed by atoms with van der Waals surface area (Å²) in [5, 5.41) is 0. The molecule has 2 heteroatoms. The van der Waals surface area contributed by atoms with Gasteiger partial charge >= 0.3 is 0 Å². The van der Waals surface area contributed by atoms with Crippen molar-refractivity contribution in [3.05, 3.63) is 0 Å². The number of carbonyl (C=O) groups excluding carboxylic acids is 1. The number of fused-ring (bicyclic) bond motifs is 2. The van der Waals surface area contributed by atoms with Crippen LogP contribution in [0.5, 0.6) is 0 Å². The van der Waals surface area contributed by atoms with Crippen molar-refractivity contribution in [1.29, 1.82) is 0 Å². The lowest BCUT2D eigenvalue weighted by atomic mass is 9.84. The van der Waals surface area contributed by atoms with Gasteiger partial charge in [-0.3, -0.25) is 4.79 Å². The molecule has 2 aliphatic rings. The first-order valence-corrected chi connectivity index (χ1v) is 4.62. The van der Waals surface area contributed by atoms with Crippen molar-refractivity contribution >= 4 is 5.78 Å². The Morgan fingerprint density at radius 2 is 1.82 bits per heavy atom. The van der Waals surface area contributed by atoms with E-state index in [4.69, 9.17) is 0 Å². The molecule has 0 aromatic rings. The smallest absolute Gasteiger partial charge is 0.144 e. The van der Waals surface area contributed by atoms with Gasteiger partial charge in [0.05, 0.1) is 32.0 Å². The lowest BCUT2D eigenvalue weighted by Gasteiger charge is -2.39. The van der Waals surface area contributed by atoms with E-state index in [1.54, 1.807) is 4.90 Å². The van der Waals surface area contributed by atoms with Crippen LogP contribution in [0.15, 0.2) is 0 Å². The van der Waals surface area contributed by atoms with E-state index in [9.17, 15) is 4.79 Å². The Morgan fingerprint density at radius 1 is 1.27 bits per heavy atom. The molecule has 0 aromatic heterocycles. The Kier molecular flexibility index (Phi) is 1.72. The number of piperidine rings is 2. The number of hydrogen-bond acceptors (Lipinski definition) is 1. The molecule has 0 radical (unpaired) electrons. The highest BCUT2D eigenvalue weighted by Gasteiger charge is 2.38. The fourth-order valence-corrected chi connectivity index (χ4v) is 2.56. The lowest BCUT2D eigenvalue weighted by Crippen LogP contribution is -3.18. The Bertz CT molecular complexity index is 162. The third-order valence-electron chi connectivity index (χ3n) is 3.34. The molecule has 2 heterocycles. The molecule has 0 aromatic carbocycles. The maximum absolute atomic E-state index is 11.2. The predicted octanol–water partition coefficient (Wildman–Crippen LogP) is -0.215. The van der Waals surface area contributed by atoms with Gasteiger partial charge in [-0.05, 0) is 6.42 Å². The zero-order valence-electron chi connectivity index (χ0n) is 7.10. The number of ketones is 1. The molecule has 1 N–H and O–H groups in total. The highest BCUT2D eigenvalue weighted by Crippen LogP contribution is 2.18. The Labute approximate surface area is 67.6 Å². The van der Waals surface area contributed by atoms with Crippen LogP contribution in [0.2, 0.25) is 0 Å². The fourth-order valence-electron chi connectivity index (χ4n) is 2.56. The van der Waals surface area contributed by atoms with Gasteiger partial charge in [0.2, 0.25) is 0 Å². The van der Waals surface area contributed by atoms with Gasteiger partial charge in [0.25, 0.3) is 0 Å². The second-order valence-electron chi connectivity index (χ2n) is 4.02. The van der Waals surface area contributed by atoms with Gasteiger partial charge < -0.3 is 4.90 Å². The first-order valence-electron chi connectivity index (χ1n) is 4.62. The third kappa shape index (κ3) is 1.20. The number of rotatable bonds is 0. The molecule has 2 fully saturated rings. The maximum Gasteiger partial charge on any atom is 0.144 e. The Hall–Kier alpha value is -0.370. The van der Waals surface area contributed by atoms with E-state index in [1.807, 2.05) is 0 Å². The van der Waals surface area contributed by atoms with Gasteiger partial charge in [-0.1, -0.05) is 0 Å². The topological polar surface area (TPSA) is 21.5 Å². The molecule has 2 saturated heterocycles. The van der Waals surface area contributed by atoms with Crippen LogP contribution in [-0.4, -0.2) is 24.9 Å². The number of quaternary nitrogens is 1. The van der Waals surface area contributed by atoms with E-state index in [0.29, 0.717) is 17.9 Å². The van der Waals surface area contributed by atoms with Crippen molar-refractivity contribution < 1.29 is 9.69 Å². The van der Waals surface area contributed by atoms with Gasteiger partial charge in [-0.15, -0.1) is 0 Å². The van der Waals surface area contributed by atoms with Gasteiger partial charge in [0, 0.05) is 12.8 Å². The van der Waals surface area contributed by atoms with Crippen LogP contribution in [0.4, 0.5) is 0 Å². The summed E-state index contributed by atoms with van der Waals surface area (Å²) in [6.45, 7) is 0. The molecule has 2 rings (SSSR count). The summed E-state index contributed by atoms with van der Waals surface area (Å²) < 4.78 is 0. The van der Waals surface area contributed by atoms with Crippen LogP contribution in [0.3, 0.4) is 0 Å². The average Bonchev–Trinajstić information content (AvgIpc) is 1.92. The quantitative estimate of drug-likeness (QED) is 0.512. The molecule has 1 unspecified atom stereocenters. The molecular formula is C9H16NO+. The molecule has 2 nitrogen and oxygen atoms in total. The van der Waals surface area contributed by atoms with E-state index in [1.165, 1.54) is 19.3 Å². The number of carbonyl (C=O) groups is 1. The van der Waals surface area contributed by atoms with Crippen molar-refractivity contribution in [2.45, 2.75) is 44.2 Å². The molecule has 62 valence electrons. The summed E-state index contributed by atoms with van der Waals surface area (Å²) in [4.78, 5) is 12.8. The molecule has 2 aliphatic heterocycles. The molecule has 3 atom stereocenters. The van der Waals surface area contributed by atoms with Gasteiger partial charge in [-0.25, -0.2) is 0 Å². The van der Waals surface area contributed by atoms with E-state index >= 15 is 0 Å². The second-order valence-corrected chi connectivity index (χ2v) is 4.02. The SMILES string of the molecule is C[NH+]1[C@@H]2CCC[C@H]1CC(=O)C2. The number of hydrogen-bond donors (Lipinski definition) is 1. The van der Waals surface area contributed by atoms with Crippen molar-refractivity contribution in [2.24, 2.45) is 0 Å². The molecule has 0 saturated carbocycles. The highest BCUT2D eigenvalue weighted by atomic mass is 16.1. The minimum absolute atomic E-state index is 0.505. The highest BCUT2D eigenvalue weighted by molar-refractivity contribution is 5.79. The van der Waals surface area contributed by atoms with Gasteiger partial charge in [0.1, 0.15) is 5.78 Å². The first-order chi connectivity index (χ1) is 5.27. The summed E-state index contributed by atoms with van der Waals surface area (Å²) in [5.41, 5.74) is 0. The van der Waals surface area contributed by atoms with Crippen molar-refractivity contribution in [2.75, 3.05) is 7.05 Å². The summed E-state index contributed by atoms with van der Waals surface area (Å²) in [5.74, 6) is 0.505. The largest absolute Gasteiger partial charge is 0.332 e. The minimum Gasteiger partial charge on any atom is -0.332 e. The lowest BCUT2D eigenvalue weighted by molar-refractivity contribution is -0.938. The van der Waals surface area contributed by atoms with Gasteiger partial charge in [0.15, 0.2) is 0 Å². The van der Waals surface area contributed by atoms with Crippen molar-refractivity contribution in [3.8, 4) is 0 Å². The predicted molar refractivity (Wildman–Crippen MR) is 42.6 cm³/mol. The third-order valence-corrected chi connectivity index (χ3v) is 3.34. The van der Waals surface area contributed by atoms with E-state index in [2.05, 4.69) is 7.05 Å². The molecular weight excluding hydrogens is 138 g/mol. The fraction of sp³-hybridized carbons (Fsp3) is 0.889. The van der Waals surface area contributed by atoms with Crippen molar-refractivity contribution in [1.82, 2.24) is 0 Å². The van der Waals surface area contributed by atoms with E-state index in [0.717, 1.165) is 12.8 Å². The zero-order chi connectivity index (χ0) is 7.84. The minimum atomic E-state index is 0.505. The Morgan fingerprint density at radius 3 is 2.36 bits per heavy atom. The van der Waals surface area contributed by atoms with Crippen molar-refractivity contribution in [3.63, 3.8) is 0 Å². The van der Waals surface area contributed by atoms with Gasteiger partial charge in [-0.2, -0.15) is 0 Å². The number of Topliss-reactive ketones (excluding diaryl/α,β-unsaturated/α-hetero) is 1. The summed E-state index contributed by atoms with van der Waals surface area (Å²) in [6, 6.07) is 1.32.